The summed E-state index contributed by atoms with van der Waals surface area (Å²) >= 11 is 0. The van der Waals surface area contributed by atoms with Crippen molar-refractivity contribution in [2.24, 2.45) is 0 Å². The van der Waals surface area contributed by atoms with E-state index in [0.717, 1.165) is 22.9 Å². The predicted molar refractivity (Wildman–Crippen MR) is 104 cm³/mol. The zero-order chi connectivity index (χ0) is 21.6. The first-order valence-electron chi connectivity index (χ1n) is 9.84. The van der Waals surface area contributed by atoms with Gasteiger partial charge in [-0.2, -0.15) is 27.7 Å². The smallest absolute Gasteiger partial charge is 0.356 e. The summed E-state index contributed by atoms with van der Waals surface area (Å²) in [4.78, 5) is 14.2. The molecule has 4 aromatic rings. The summed E-state index contributed by atoms with van der Waals surface area (Å²) in [7, 11) is 0. The van der Waals surface area contributed by atoms with Gasteiger partial charge in [-0.1, -0.05) is 35.5 Å². The molecule has 1 aliphatic rings. The highest BCUT2D eigenvalue weighted by Crippen LogP contribution is 2.32. The second-order valence-corrected chi connectivity index (χ2v) is 7.48. The quantitative estimate of drug-likeness (QED) is 0.488. The second-order valence-electron chi connectivity index (χ2n) is 7.48. The molecule has 5 rings (SSSR count). The summed E-state index contributed by atoms with van der Waals surface area (Å²) in [5, 5.41) is 7.73. The minimum atomic E-state index is -4.62. The molecule has 0 spiro atoms. The lowest BCUT2D eigenvalue weighted by atomic mass is 9.96. The number of nitrogens with zero attached hydrogens (tertiary/aromatic N) is 7. The van der Waals surface area contributed by atoms with Gasteiger partial charge >= 0.3 is 6.18 Å². The normalized spacial score (nSPS) is 15.7. The number of hydrogen-bond donors (Lipinski definition) is 0. The van der Waals surface area contributed by atoms with Gasteiger partial charge in [0.1, 0.15) is 5.82 Å². The molecule has 0 saturated carbocycles. The number of fused-ring (bicyclic) bond motifs is 1. The first-order chi connectivity index (χ1) is 14.9. The van der Waals surface area contributed by atoms with Crippen LogP contribution in [0.5, 0.6) is 0 Å². The molecule has 4 heterocycles. The Morgan fingerprint density at radius 2 is 1.77 bits per heavy atom. The third-order valence-corrected chi connectivity index (χ3v) is 5.32. The Bertz CT molecular complexity index is 1210. The van der Waals surface area contributed by atoms with Gasteiger partial charge in [-0.15, -0.1) is 5.10 Å². The van der Waals surface area contributed by atoms with Gasteiger partial charge in [-0.3, -0.25) is 0 Å². The van der Waals surface area contributed by atoms with Crippen molar-refractivity contribution in [3.8, 4) is 11.4 Å². The average molecular weight is 429 g/mol. The molecule has 1 aliphatic heterocycles. The maximum absolute atomic E-state index is 13.1. The van der Waals surface area contributed by atoms with Crippen molar-refractivity contribution in [1.82, 2.24) is 29.7 Å². The van der Waals surface area contributed by atoms with Crippen LogP contribution in [0.3, 0.4) is 0 Å². The third-order valence-electron chi connectivity index (χ3n) is 5.32. The molecule has 160 valence electrons. The number of benzene rings is 1. The van der Waals surface area contributed by atoms with Gasteiger partial charge < -0.3 is 9.42 Å². The zero-order valence-electron chi connectivity index (χ0n) is 16.5. The average Bonchev–Trinajstić information content (AvgIpc) is 3.41. The van der Waals surface area contributed by atoms with E-state index in [1.165, 1.54) is 0 Å². The molecule has 0 unspecified atom stereocenters. The van der Waals surface area contributed by atoms with E-state index in [0.29, 0.717) is 36.3 Å². The van der Waals surface area contributed by atoms with Crippen LogP contribution >= 0.6 is 0 Å². The van der Waals surface area contributed by atoms with Crippen LogP contribution in [0.4, 0.5) is 19.0 Å². The maximum atomic E-state index is 13.1. The number of aromatic nitrogens is 6. The number of anilines is 1. The molecular weight excluding hydrogens is 411 g/mol. The lowest BCUT2D eigenvalue weighted by molar-refractivity contribution is -0.144. The Morgan fingerprint density at radius 1 is 1.03 bits per heavy atom. The van der Waals surface area contributed by atoms with Crippen LogP contribution in [-0.2, 0) is 6.18 Å². The Balaban J connectivity index is 1.36. The van der Waals surface area contributed by atoms with Gasteiger partial charge in [0.25, 0.3) is 11.6 Å². The van der Waals surface area contributed by atoms with Crippen LogP contribution in [0.25, 0.3) is 17.2 Å². The van der Waals surface area contributed by atoms with Crippen LogP contribution in [-0.4, -0.2) is 42.8 Å². The SMILES string of the molecule is Cc1cc(N2CCC(c3nc(-c4ccccc4)no3)CC2)n2nc(C(F)(F)F)nc2n1. The van der Waals surface area contributed by atoms with Crippen molar-refractivity contribution in [3.05, 3.63) is 53.8 Å². The Hall–Kier alpha value is -3.50. The number of halogens is 3. The molecule has 11 heteroatoms. The summed E-state index contributed by atoms with van der Waals surface area (Å²) in [5.74, 6) is 0.497. The van der Waals surface area contributed by atoms with Crippen LogP contribution < -0.4 is 4.90 Å². The standard InChI is InChI=1S/C20H18F3N7O/c1-12-11-15(30-19(24-12)26-18(27-30)20(21,22)23)29-9-7-14(8-10-29)17-25-16(28-31-17)13-5-3-2-4-6-13/h2-6,11,14H,7-10H2,1H3. The van der Waals surface area contributed by atoms with Gasteiger partial charge in [0.05, 0.1) is 0 Å². The highest BCUT2D eigenvalue weighted by Gasteiger charge is 2.37. The number of rotatable bonds is 3. The zero-order valence-corrected chi connectivity index (χ0v) is 16.5. The van der Waals surface area contributed by atoms with Crippen LogP contribution in [0.1, 0.15) is 36.2 Å². The minimum Gasteiger partial charge on any atom is -0.356 e. The summed E-state index contributed by atoms with van der Waals surface area (Å²) in [6.07, 6.45) is -3.18. The first kappa shape index (κ1) is 19.5. The molecule has 0 radical (unpaired) electrons. The highest BCUT2D eigenvalue weighted by molar-refractivity contribution is 5.53. The number of aryl methyl sites for hydroxylation is 1. The number of piperidine rings is 1. The lowest BCUT2D eigenvalue weighted by Crippen LogP contribution is -2.34. The predicted octanol–water partition coefficient (Wildman–Crippen LogP) is 3.89. The van der Waals surface area contributed by atoms with Crippen molar-refractivity contribution < 1.29 is 17.7 Å². The van der Waals surface area contributed by atoms with Crippen LogP contribution in [0.2, 0.25) is 0 Å². The first-order valence-corrected chi connectivity index (χ1v) is 9.84. The highest BCUT2D eigenvalue weighted by atomic mass is 19.4. The van der Waals surface area contributed by atoms with Crippen LogP contribution in [0.15, 0.2) is 40.9 Å². The summed E-state index contributed by atoms with van der Waals surface area (Å²) in [5.41, 5.74) is 1.46. The molecule has 1 aromatic carbocycles. The lowest BCUT2D eigenvalue weighted by Gasteiger charge is -2.32. The molecule has 8 nitrogen and oxygen atoms in total. The fourth-order valence-electron chi connectivity index (χ4n) is 3.77. The molecule has 1 saturated heterocycles. The van der Waals surface area contributed by atoms with E-state index in [1.807, 2.05) is 35.2 Å². The Labute approximate surface area is 174 Å². The fourth-order valence-corrected chi connectivity index (χ4v) is 3.77. The minimum absolute atomic E-state index is 0.0612. The molecular formula is C20H18F3N7O. The molecule has 31 heavy (non-hydrogen) atoms. The van der Waals surface area contributed by atoms with Gasteiger partial charge in [0.15, 0.2) is 0 Å². The topological polar surface area (TPSA) is 85.2 Å². The summed E-state index contributed by atoms with van der Waals surface area (Å²) in [6.45, 7) is 2.93. The molecule has 0 atom stereocenters. The molecule has 0 aliphatic carbocycles. The van der Waals surface area contributed by atoms with E-state index in [2.05, 4.69) is 25.2 Å². The molecule has 0 amide bonds. The molecule has 3 aromatic heterocycles. The van der Waals surface area contributed by atoms with Crippen LogP contribution in [0, 0.1) is 6.92 Å². The van der Waals surface area contributed by atoms with Gasteiger partial charge in [-0.05, 0) is 19.8 Å². The van der Waals surface area contributed by atoms with Crippen molar-refractivity contribution in [2.75, 3.05) is 18.0 Å². The van der Waals surface area contributed by atoms with Crippen molar-refractivity contribution in [1.29, 1.82) is 0 Å². The number of hydrogen-bond acceptors (Lipinski definition) is 7. The van der Waals surface area contributed by atoms with E-state index in [4.69, 9.17) is 4.52 Å². The van der Waals surface area contributed by atoms with Crippen molar-refractivity contribution in [3.63, 3.8) is 0 Å². The monoisotopic (exact) mass is 429 g/mol. The summed E-state index contributed by atoms with van der Waals surface area (Å²) in [6, 6.07) is 11.3. The van der Waals surface area contributed by atoms with Gasteiger partial charge in [0, 0.05) is 36.3 Å². The van der Waals surface area contributed by atoms with Gasteiger partial charge in [0.2, 0.25) is 11.7 Å². The van der Waals surface area contributed by atoms with E-state index in [-0.39, 0.29) is 11.7 Å². The van der Waals surface area contributed by atoms with Crippen molar-refractivity contribution in [2.45, 2.75) is 31.9 Å². The van der Waals surface area contributed by atoms with E-state index >= 15 is 0 Å². The van der Waals surface area contributed by atoms with E-state index < -0.39 is 12.0 Å². The third kappa shape index (κ3) is 3.71. The largest absolute Gasteiger partial charge is 0.453 e. The fraction of sp³-hybridized carbons (Fsp3) is 0.350. The Morgan fingerprint density at radius 3 is 2.48 bits per heavy atom. The molecule has 1 fully saturated rings. The molecule has 0 N–H and O–H groups in total. The van der Waals surface area contributed by atoms with E-state index in [1.54, 1.807) is 13.0 Å². The van der Waals surface area contributed by atoms with Gasteiger partial charge in [-0.25, -0.2) is 4.98 Å². The molecule has 0 bridgehead atoms. The number of alkyl halides is 3. The van der Waals surface area contributed by atoms with Crippen molar-refractivity contribution >= 4 is 11.6 Å². The second kappa shape index (κ2) is 7.33. The van der Waals surface area contributed by atoms with E-state index in [9.17, 15) is 13.2 Å². The summed E-state index contributed by atoms with van der Waals surface area (Å²) < 4.78 is 45.8. The maximum Gasteiger partial charge on any atom is 0.453 e. The Kier molecular flexibility index (Phi) is 4.60.